The zero-order valence-electron chi connectivity index (χ0n) is 10.6. The van der Waals surface area contributed by atoms with Crippen LogP contribution in [0.15, 0.2) is 36.5 Å². The summed E-state index contributed by atoms with van der Waals surface area (Å²) in [6, 6.07) is 10.3. The van der Waals surface area contributed by atoms with Crippen LogP contribution < -0.4 is 5.73 Å². The lowest BCUT2D eigenvalue weighted by atomic mass is 9.97. The highest BCUT2D eigenvalue weighted by Gasteiger charge is 2.09. The number of nitrogens with zero attached hydrogens (tertiary/aromatic N) is 1. The quantitative estimate of drug-likeness (QED) is 0.854. The number of rotatable bonds is 2. The maximum atomic E-state index is 6.28. The first-order valence-corrected chi connectivity index (χ1v) is 5.83. The summed E-state index contributed by atoms with van der Waals surface area (Å²) in [5.41, 5.74) is 12.1. The summed E-state index contributed by atoms with van der Waals surface area (Å²) >= 11 is 0. The van der Waals surface area contributed by atoms with Gasteiger partial charge < -0.3 is 5.73 Å². The van der Waals surface area contributed by atoms with Crippen LogP contribution in [0.2, 0.25) is 0 Å². The van der Waals surface area contributed by atoms with Crippen molar-refractivity contribution in [3.63, 3.8) is 0 Å². The van der Waals surface area contributed by atoms with Crippen LogP contribution in [0, 0.1) is 20.8 Å². The van der Waals surface area contributed by atoms with Crippen molar-refractivity contribution in [1.29, 1.82) is 0 Å². The third-order valence-electron chi connectivity index (χ3n) is 3.17. The fourth-order valence-electron chi connectivity index (χ4n) is 1.91. The molecule has 1 heterocycles. The number of hydrogen-bond donors (Lipinski definition) is 1. The second kappa shape index (κ2) is 4.68. The van der Waals surface area contributed by atoms with Gasteiger partial charge in [-0.1, -0.05) is 18.2 Å². The molecule has 0 radical (unpaired) electrons. The van der Waals surface area contributed by atoms with E-state index in [2.05, 4.69) is 37.0 Å². The number of benzene rings is 1. The molecule has 0 bridgehead atoms. The van der Waals surface area contributed by atoms with Gasteiger partial charge in [0.2, 0.25) is 0 Å². The molecule has 0 aliphatic rings. The first-order valence-electron chi connectivity index (χ1n) is 5.83. The Bertz CT molecular complexity index is 532. The van der Waals surface area contributed by atoms with E-state index in [1.165, 1.54) is 11.1 Å². The Morgan fingerprint density at radius 3 is 2.29 bits per heavy atom. The molecule has 0 spiro atoms. The predicted octanol–water partition coefficient (Wildman–Crippen LogP) is 3.05. The molecule has 1 aromatic heterocycles. The minimum Gasteiger partial charge on any atom is -0.320 e. The Hall–Kier alpha value is -1.67. The van der Waals surface area contributed by atoms with Crippen LogP contribution in [-0.2, 0) is 0 Å². The number of aromatic nitrogens is 1. The molecule has 2 rings (SSSR count). The summed E-state index contributed by atoms with van der Waals surface area (Å²) in [6.45, 7) is 6.21. The molecule has 0 aliphatic heterocycles. The van der Waals surface area contributed by atoms with Crippen LogP contribution in [0.3, 0.4) is 0 Å². The Morgan fingerprint density at radius 1 is 0.941 bits per heavy atom. The molecule has 17 heavy (non-hydrogen) atoms. The summed E-state index contributed by atoms with van der Waals surface area (Å²) < 4.78 is 0. The summed E-state index contributed by atoms with van der Waals surface area (Å²) in [5.74, 6) is 0. The van der Waals surface area contributed by atoms with Crippen LogP contribution in [-0.4, -0.2) is 4.98 Å². The van der Waals surface area contributed by atoms with Gasteiger partial charge >= 0.3 is 0 Å². The molecule has 0 amide bonds. The van der Waals surface area contributed by atoms with E-state index >= 15 is 0 Å². The van der Waals surface area contributed by atoms with Gasteiger partial charge in [-0.25, -0.2) is 0 Å². The number of pyridine rings is 1. The lowest BCUT2D eigenvalue weighted by Gasteiger charge is -2.14. The molecule has 0 fully saturated rings. The van der Waals surface area contributed by atoms with Crippen molar-refractivity contribution < 1.29 is 0 Å². The molecule has 1 atom stereocenters. The molecule has 2 heteroatoms. The fourth-order valence-corrected chi connectivity index (χ4v) is 1.91. The van der Waals surface area contributed by atoms with E-state index in [1.807, 2.05) is 25.3 Å². The van der Waals surface area contributed by atoms with Gasteiger partial charge in [0.25, 0.3) is 0 Å². The Balaban J connectivity index is 2.36. The fraction of sp³-hybridized carbons (Fsp3) is 0.267. The van der Waals surface area contributed by atoms with Crippen molar-refractivity contribution in [2.75, 3.05) is 0 Å². The van der Waals surface area contributed by atoms with Crippen molar-refractivity contribution in [3.05, 3.63) is 64.5 Å². The molecular weight excluding hydrogens is 208 g/mol. The van der Waals surface area contributed by atoms with Crippen molar-refractivity contribution in [3.8, 4) is 0 Å². The van der Waals surface area contributed by atoms with Crippen molar-refractivity contribution in [2.45, 2.75) is 26.8 Å². The molecule has 2 N–H and O–H groups in total. The summed E-state index contributed by atoms with van der Waals surface area (Å²) in [6.07, 6.45) is 1.81. The minimum atomic E-state index is -0.0731. The summed E-state index contributed by atoms with van der Waals surface area (Å²) in [4.78, 5) is 4.19. The van der Waals surface area contributed by atoms with Crippen LogP contribution in [0.5, 0.6) is 0 Å². The van der Waals surface area contributed by atoms with E-state index < -0.39 is 0 Å². The highest BCUT2D eigenvalue weighted by Crippen LogP contribution is 2.21. The van der Waals surface area contributed by atoms with Crippen LogP contribution in [0.25, 0.3) is 0 Å². The number of hydrogen-bond acceptors (Lipinski definition) is 2. The van der Waals surface area contributed by atoms with Crippen LogP contribution >= 0.6 is 0 Å². The first-order chi connectivity index (χ1) is 8.08. The van der Waals surface area contributed by atoms with Gasteiger partial charge in [-0.05, 0) is 55.2 Å². The lowest BCUT2D eigenvalue weighted by Crippen LogP contribution is -2.12. The van der Waals surface area contributed by atoms with E-state index in [4.69, 9.17) is 5.73 Å². The molecular formula is C15H18N2. The van der Waals surface area contributed by atoms with Crippen molar-refractivity contribution in [2.24, 2.45) is 5.73 Å². The molecule has 1 unspecified atom stereocenters. The van der Waals surface area contributed by atoms with Gasteiger partial charge in [-0.15, -0.1) is 0 Å². The van der Waals surface area contributed by atoms with Gasteiger partial charge in [-0.3, -0.25) is 4.98 Å². The normalized spacial score (nSPS) is 12.5. The Morgan fingerprint density at radius 2 is 1.65 bits per heavy atom. The second-order valence-corrected chi connectivity index (χ2v) is 4.55. The molecule has 88 valence electrons. The van der Waals surface area contributed by atoms with Crippen molar-refractivity contribution >= 4 is 0 Å². The monoisotopic (exact) mass is 226 g/mol. The van der Waals surface area contributed by atoms with E-state index in [9.17, 15) is 0 Å². The highest BCUT2D eigenvalue weighted by atomic mass is 14.7. The topological polar surface area (TPSA) is 38.9 Å². The summed E-state index contributed by atoms with van der Waals surface area (Å²) in [7, 11) is 0. The molecule has 0 saturated heterocycles. The largest absolute Gasteiger partial charge is 0.320 e. The Kier molecular flexibility index (Phi) is 3.25. The van der Waals surface area contributed by atoms with Gasteiger partial charge in [0.15, 0.2) is 0 Å². The number of aryl methyl sites for hydroxylation is 3. The molecule has 2 aromatic rings. The Labute approximate surface area is 103 Å². The summed E-state index contributed by atoms with van der Waals surface area (Å²) in [5, 5.41) is 0. The van der Waals surface area contributed by atoms with Gasteiger partial charge in [-0.2, -0.15) is 0 Å². The van der Waals surface area contributed by atoms with Crippen molar-refractivity contribution in [1.82, 2.24) is 4.98 Å². The number of nitrogens with two attached hydrogens (primary N) is 1. The van der Waals surface area contributed by atoms with E-state index in [0.717, 1.165) is 16.8 Å². The lowest BCUT2D eigenvalue weighted by molar-refractivity contribution is 0.861. The molecule has 1 aromatic carbocycles. The van der Waals surface area contributed by atoms with Gasteiger partial charge in [0, 0.05) is 11.9 Å². The smallest absolute Gasteiger partial charge is 0.0552 e. The second-order valence-electron chi connectivity index (χ2n) is 4.55. The first kappa shape index (κ1) is 11.8. The van der Waals surface area contributed by atoms with Gasteiger partial charge in [0.05, 0.1) is 6.04 Å². The van der Waals surface area contributed by atoms with Gasteiger partial charge in [0.1, 0.15) is 0 Å². The predicted molar refractivity (Wildman–Crippen MR) is 70.9 cm³/mol. The van der Waals surface area contributed by atoms with E-state index in [-0.39, 0.29) is 6.04 Å². The van der Waals surface area contributed by atoms with Crippen LogP contribution in [0.4, 0.5) is 0 Å². The SMILES string of the molecule is Cc1cc(C(N)c2ccc(C)c(C)c2)ccn1. The third-order valence-corrected chi connectivity index (χ3v) is 3.17. The average Bonchev–Trinajstić information content (AvgIpc) is 2.32. The zero-order chi connectivity index (χ0) is 12.4. The standard InChI is InChI=1S/C15H18N2/c1-10-4-5-13(8-11(10)2)15(16)14-6-7-17-12(3)9-14/h4-9,15H,16H2,1-3H3. The minimum absolute atomic E-state index is 0.0731. The molecule has 2 nitrogen and oxygen atoms in total. The van der Waals surface area contributed by atoms with Crippen LogP contribution in [0.1, 0.15) is 34.0 Å². The molecule has 0 aliphatic carbocycles. The highest BCUT2D eigenvalue weighted by molar-refractivity contribution is 5.36. The van der Waals surface area contributed by atoms with E-state index in [1.54, 1.807) is 0 Å². The average molecular weight is 226 g/mol. The third kappa shape index (κ3) is 2.53. The maximum Gasteiger partial charge on any atom is 0.0552 e. The van der Waals surface area contributed by atoms with E-state index in [0.29, 0.717) is 0 Å². The zero-order valence-corrected chi connectivity index (χ0v) is 10.6. The molecule has 0 saturated carbocycles. The maximum absolute atomic E-state index is 6.28.